The van der Waals surface area contributed by atoms with Gasteiger partial charge in [0.15, 0.2) is 5.75 Å². The molecule has 0 aliphatic heterocycles. The molecule has 158 valence electrons. The summed E-state index contributed by atoms with van der Waals surface area (Å²) in [6, 6.07) is 7.74. The van der Waals surface area contributed by atoms with E-state index >= 15 is 0 Å². The third-order valence-electron chi connectivity index (χ3n) is 6.22. The van der Waals surface area contributed by atoms with Crippen molar-refractivity contribution in [3.8, 4) is 5.75 Å². The molecule has 2 aliphatic rings. The summed E-state index contributed by atoms with van der Waals surface area (Å²) in [7, 11) is 0. The van der Waals surface area contributed by atoms with Crippen LogP contribution in [0.15, 0.2) is 42.7 Å². The summed E-state index contributed by atoms with van der Waals surface area (Å²) in [6.07, 6.45) is 2.42. The Kier molecular flexibility index (Phi) is 4.28. The Morgan fingerprint density at radius 2 is 1.94 bits per heavy atom. The smallest absolute Gasteiger partial charge is 0.230 e. The van der Waals surface area contributed by atoms with Crippen LogP contribution in [0.2, 0.25) is 0 Å². The molecule has 2 heterocycles. The fourth-order valence-electron chi connectivity index (χ4n) is 4.55. The first-order valence-corrected chi connectivity index (χ1v) is 9.98. The monoisotopic (exact) mass is 422 g/mol. The summed E-state index contributed by atoms with van der Waals surface area (Å²) in [6.45, 7) is 5.23. The third kappa shape index (κ3) is 3.05. The van der Waals surface area contributed by atoms with Gasteiger partial charge in [0, 0.05) is 5.92 Å². The van der Waals surface area contributed by atoms with Gasteiger partial charge in [-0.05, 0) is 50.1 Å². The Hall–Kier alpha value is -3.42. The van der Waals surface area contributed by atoms with Crippen molar-refractivity contribution in [3.05, 3.63) is 77.0 Å². The number of anilines is 1. The summed E-state index contributed by atoms with van der Waals surface area (Å²) in [5.74, 6) is -0.0664. The van der Waals surface area contributed by atoms with Crippen molar-refractivity contribution in [2.75, 3.05) is 5.32 Å². The Morgan fingerprint density at radius 3 is 2.65 bits per heavy atom. The van der Waals surface area contributed by atoms with E-state index in [4.69, 9.17) is 4.74 Å². The van der Waals surface area contributed by atoms with Gasteiger partial charge in [0.05, 0.1) is 29.4 Å². The van der Waals surface area contributed by atoms with Crippen LogP contribution in [-0.4, -0.2) is 27.0 Å². The van der Waals surface area contributed by atoms with Gasteiger partial charge in [-0.3, -0.25) is 4.79 Å². The van der Waals surface area contributed by atoms with E-state index in [1.54, 1.807) is 26.1 Å². The molecule has 31 heavy (non-hydrogen) atoms. The normalized spacial score (nSPS) is 25.5. The molecule has 0 spiro atoms. The highest BCUT2D eigenvalue weighted by molar-refractivity contribution is 5.98. The van der Waals surface area contributed by atoms with E-state index in [9.17, 15) is 13.6 Å². The minimum absolute atomic E-state index is 0.100. The number of ether oxygens (including phenoxy) is 1. The minimum Gasteiger partial charge on any atom is -0.486 e. The predicted molar refractivity (Wildman–Crippen MR) is 109 cm³/mol. The molecule has 1 N–H and O–H groups in total. The molecule has 8 heteroatoms. The summed E-state index contributed by atoms with van der Waals surface area (Å²) in [5, 5.41) is 2.75. The number of rotatable bonds is 5. The molecule has 2 aliphatic carbocycles. The molecular formula is C23H20F2N4O2. The van der Waals surface area contributed by atoms with Gasteiger partial charge in [-0.1, -0.05) is 12.1 Å². The molecule has 3 aromatic rings. The highest BCUT2D eigenvalue weighted by Gasteiger charge is 2.91. The maximum Gasteiger partial charge on any atom is 0.230 e. The van der Waals surface area contributed by atoms with Crippen LogP contribution in [0.1, 0.15) is 22.6 Å². The SMILES string of the molecule is Cc1ncc(OC2C3[C@@H](C(=O)Nc4cc(C)c(F)cn4)[C@@]23c2cccc(F)c2)c(C)n1. The first-order chi connectivity index (χ1) is 14.8. The number of fused-ring (bicyclic) bond motifs is 1. The van der Waals surface area contributed by atoms with Crippen molar-refractivity contribution < 1.29 is 18.3 Å². The molecule has 2 unspecified atom stereocenters. The van der Waals surface area contributed by atoms with Crippen molar-refractivity contribution >= 4 is 11.7 Å². The molecule has 1 aromatic carbocycles. The van der Waals surface area contributed by atoms with E-state index < -0.39 is 17.2 Å². The number of halogens is 2. The van der Waals surface area contributed by atoms with Crippen LogP contribution in [0.5, 0.6) is 5.75 Å². The number of nitrogens with zero attached hydrogens (tertiary/aromatic N) is 3. The lowest BCUT2D eigenvalue weighted by molar-refractivity contribution is -0.119. The second kappa shape index (κ2) is 6.80. The van der Waals surface area contributed by atoms with Crippen LogP contribution in [0.3, 0.4) is 0 Å². The molecule has 2 fully saturated rings. The van der Waals surface area contributed by atoms with Gasteiger partial charge in [0.25, 0.3) is 0 Å². The molecule has 0 bridgehead atoms. The molecule has 5 rings (SSSR count). The van der Waals surface area contributed by atoms with Gasteiger partial charge < -0.3 is 10.1 Å². The lowest BCUT2D eigenvalue weighted by atomic mass is 9.94. The molecule has 2 aromatic heterocycles. The second-order valence-corrected chi connectivity index (χ2v) is 8.16. The first-order valence-electron chi connectivity index (χ1n) is 9.98. The number of hydrogen-bond donors (Lipinski definition) is 1. The van der Waals surface area contributed by atoms with Crippen LogP contribution < -0.4 is 10.1 Å². The largest absolute Gasteiger partial charge is 0.486 e. The highest BCUT2D eigenvalue weighted by atomic mass is 19.1. The Bertz CT molecular complexity index is 1220. The summed E-state index contributed by atoms with van der Waals surface area (Å²) in [4.78, 5) is 25.4. The van der Waals surface area contributed by atoms with E-state index in [1.807, 2.05) is 13.0 Å². The minimum atomic E-state index is -0.613. The summed E-state index contributed by atoms with van der Waals surface area (Å²) < 4.78 is 33.6. The van der Waals surface area contributed by atoms with Crippen molar-refractivity contribution in [2.24, 2.45) is 11.8 Å². The molecule has 0 saturated heterocycles. The molecule has 0 radical (unpaired) electrons. The van der Waals surface area contributed by atoms with Crippen molar-refractivity contribution in [1.82, 2.24) is 15.0 Å². The van der Waals surface area contributed by atoms with E-state index in [1.165, 1.54) is 18.2 Å². The number of amides is 1. The third-order valence-corrected chi connectivity index (χ3v) is 6.22. The van der Waals surface area contributed by atoms with Crippen LogP contribution in [0, 0.1) is 44.2 Å². The number of hydrogen-bond acceptors (Lipinski definition) is 5. The predicted octanol–water partition coefficient (Wildman–Crippen LogP) is 3.66. The summed E-state index contributed by atoms with van der Waals surface area (Å²) in [5.41, 5.74) is 1.21. The van der Waals surface area contributed by atoms with Gasteiger partial charge in [0.1, 0.15) is 29.4 Å². The van der Waals surface area contributed by atoms with Gasteiger partial charge in [-0.15, -0.1) is 0 Å². The molecule has 4 atom stereocenters. The van der Waals surface area contributed by atoms with Crippen molar-refractivity contribution in [1.29, 1.82) is 0 Å². The van der Waals surface area contributed by atoms with Crippen molar-refractivity contribution in [3.63, 3.8) is 0 Å². The zero-order valence-electron chi connectivity index (χ0n) is 17.2. The Balaban J connectivity index is 1.40. The number of pyridine rings is 1. The van der Waals surface area contributed by atoms with E-state index in [0.29, 0.717) is 22.8 Å². The molecule has 2 saturated carbocycles. The highest BCUT2D eigenvalue weighted by Crippen LogP contribution is 2.80. The van der Waals surface area contributed by atoms with E-state index in [0.717, 1.165) is 11.8 Å². The topological polar surface area (TPSA) is 77.0 Å². The fraction of sp³-hybridized carbons (Fsp3) is 0.304. The number of nitrogens with one attached hydrogen (secondary N) is 1. The number of carbonyl (C=O) groups is 1. The molecule has 6 nitrogen and oxygen atoms in total. The number of benzene rings is 1. The number of aryl methyl sites for hydroxylation is 3. The summed E-state index contributed by atoms with van der Waals surface area (Å²) >= 11 is 0. The standard InChI is InChI=1S/C23H20F2N4O2/c1-11-7-18(27-9-16(11)25)29-22(30)20-19-21(31-17-10-26-13(3)28-12(17)2)23(19,20)14-5-4-6-15(24)8-14/h4-10,19-21H,1-3H3,(H,27,29,30)/t19?,20-,21?,23-/m0/s1. The van der Waals surface area contributed by atoms with Crippen LogP contribution in [-0.2, 0) is 10.2 Å². The van der Waals surface area contributed by atoms with Gasteiger partial charge in [-0.25, -0.2) is 23.7 Å². The van der Waals surface area contributed by atoms with Gasteiger partial charge in [-0.2, -0.15) is 0 Å². The second-order valence-electron chi connectivity index (χ2n) is 8.16. The average molecular weight is 422 g/mol. The lowest BCUT2D eigenvalue weighted by Gasteiger charge is -2.21. The maximum atomic E-state index is 14.0. The van der Waals surface area contributed by atoms with Gasteiger partial charge in [0.2, 0.25) is 5.91 Å². The zero-order chi connectivity index (χ0) is 21.9. The Labute approximate surface area is 177 Å². The zero-order valence-corrected chi connectivity index (χ0v) is 17.2. The van der Waals surface area contributed by atoms with Crippen LogP contribution >= 0.6 is 0 Å². The maximum absolute atomic E-state index is 14.0. The Morgan fingerprint density at radius 1 is 1.13 bits per heavy atom. The first kappa shape index (κ1) is 19.5. The molecular weight excluding hydrogens is 402 g/mol. The van der Waals surface area contributed by atoms with Gasteiger partial charge >= 0.3 is 0 Å². The van der Waals surface area contributed by atoms with Crippen molar-refractivity contribution in [2.45, 2.75) is 32.3 Å². The quantitative estimate of drug-likeness (QED) is 0.679. The number of aromatic nitrogens is 3. The number of carbonyl (C=O) groups excluding carboxylic acids is 1. The van der Waals surface area contributed by atoms with E-state index in [2.05, 4.69) is 20.3 Å². The average Bonchev–Trinajstić information content (AvgIpc) is 3.58. The molecule has 1 amide bonds. The van der Waals surface area contributed by atoms with Crippen LogP contribution in [0.25, 0.3) is 0 Å². The fourth-order valence-corrected chi connectivity index (χ4v) is 4.55. The van der Waals surface area contributed by atoms with E-state index in [-0.39, 0.29) is 29.6 Å². The lowest BCUT2D eigenvalue weighted by Crippen LogP contribution is -2.32. The van der Waals surface area contributed by atoms with Crippen LogP contribution in [0.4, 0.5) is 14.6 Å².